The van der Waals surface area contributed by atoms with Gasteiger partial charge in [-0.1, -0.05) is 27.7 Å². The largest absolute Gasteiger partial charge is 0.319 e. The number of hydrogen-bond donors (Lipinski definition) is 1. The van der Waals surface area contributed by atoms with Gasteiger partial charge in [0.2, 0.25) is 5.91 Å². The summed E-state index contributed by atoms with van der Waals surface area (Å²) in [6.07, 6.45) is 0.832. The number of nitrogens with zero attached hydrogens (tertiary/aromatic N) is 2. The third kappa shape index (κ3) is 3.53. The van der Waals surface area contributed by atoms with E-state index in [1.807, 2.05) is 18.9 Å². The van der Waals surface area contributed by atoms with Crippen LogP contribution in [0.25, 0.3) is 0 Å². The lowest BCUT2D eigenvalue weighted by atomic mass is 9.81. The molecule has 1 unspecified atom stereocenters. The van der Waals surface area contributed by atoms with Crippen molar-refractivity contribution >= 4 is 11.7 Å². The highest BCUT2D eigenvalue weighted by Gasteiger charge is 2.33. The van der Waals surface area contributed by atoms with Crippen LogP contribution < -0.4 is 5.32 Å². The Morgan fingerprint density at radius 3 is 2.71 bits per heavy atom. The van der Waals surface area contributed by atoms with Gasteiger partial charge in [0, 0.05) is 25.4 Å². The van der Waals surface area contributed by atoms with Crippen molar-refractivity contribution in [2.24, 2.45) is 16.3 Å². The summed E-state index contributed by atoms with van der Waals surface area (Å²) in [4.78, 5) is 18.7. The maximum absolute atomic E-state index is 12.4. The highest BCUT2D eigenvalue weighted by molar-refractivity contribution is 6.00. The van der Waals surface area contributed by atoms with Gasteiger partial charge in [-0.15, -0.1) is 0 Å². The van der Waals surface area contributed by atoms with Crippen LogP contribution in [0.1, 0.15) is 34.1 Å². The lowest BCUT2D eigenvalue weighted by molar-refractivity contribution is -0.133. The van der Waals surface area contributed by atoms with Crippen LogP contribution in [0.4, 0.5) is 0 Å². The molecular formula is C13H25N3O. The molecule has 0 saturated carbocycles. The molecule has 1 amide bonds. The normalized spacial score (nSPS) is 18.2. The SMILES string of the molecule is CNCCC1=NCCN1C(=O)C(C)C(C)(C)C. The predicted octanol–water partition coefficient (Wildman–Crippen LogP) is 1.52. The summed E-state index contributed by atoms with van der Waals surface area (Å²) in [5, 5.41) is 3.09. The van der Waals surface area contributed by atoms with Crippen LogP contribution in [0.2, 0.25) is 0 Å². The van der Waals surface area contributed by atoms with Crippen LogP contribution >= 0.6 is 0 Å². The van der Waals surface area contributed by atoms with Gasteiger partial charge in [0.05, 0.1) is 6.54 Å². The third-order valence-corrected chi connectivity index (χ3v) is 3.46. The van der Waals surface area contributed by atoms with E-state index < -0.39 is 0 Å². The third-order valence-electron chi connectivity index (χ3n) is 3.46. The number of carbonyl (C=O) groups is 1. The molecule has 0 aromatic rings. The molecule has 0 aromatic carbocycles. The molecule has 17 heavy (non-hydrogen) atoms. The van der Waals surface area contributed by atoms with Crippen molar-refractivity contribution in [1.82, 2.24) is 10.2 Å². The number of nitrogens with one attached hydrogen (secondary N) is 1. The van der Waals surface area contributed by atoms with E-state index in [2.05, 4.69) is 31.1 Å². The van der Waals surface area contributed by atoms with Crippen molar-refractivity contribution in [3.63, 3.8) is 0 Å². The van der Waals surface area contributed by atoms with Gasteiger partial charge >= 0.3 is 0 Å². The van der Waals surface area contributed by atoms with E-state index >= 15 is 0 Å². The first-order valence-electron chi connectivity index (χ1n) is 6.37. The van der Waals surface area contributed by atoms with E-state index in [9.17, 15) is 4.79 Å². The van der Waals surface area contributed by atoms with E-state index in [1.54, 1.807) is 0 Å². The quantitative estimate of drug-likeness (QED) is 0.808. The Hall–Kier alpha value is -0.900. The molecule has 0 saturated heterocycles. The molecule has 1 aliphatic heterocycles. The van der Waals surface area contributed by atoms with Gasteiger partial charge in [-0.2, -0.15) is 0 Å². The molecule has 0 fully saturated rings. The van der Waals surface area contributed by atoms with Gasteiger partial charge in [-0.3, -0.25) is 14.7 Å². The molecule has 0 aromatic heterocycles. The second-order valence-corrected chi connectivity index (χ2v) is 5.73. The molecule has 98 valence electrons. The number of rotatable bonds is 4. The van der Waals surface area contributed by atoms with Crippen LogP contribution in [0, 0.1) is 11.3 Å². The molecule has 1 rings (SSSR count). The molecule has 4 nitrogen and oxygen atoms in total. The summed E-state index contributed by atoms with van der Waals surface area (Å²) < 4.78 is 0. The lowest BCUT2D eigenvalue weighted by Crippen LogP contribution is -2.42. The number of aliphatic imine (C=N–C) groups is 1. The summed E-state index contributed by atoms with van der Waals surface area (Å²) in [5.41, 5.74) is 0.00773. The fourth-order valence-electron chi connectivity index (χ4n) is 1.79. The average Bonchev–Trinajstić information content (AvgIpc) is 2.71. The highest BCUT2D eigenvalue weighted by Crippen LogP contribution is 2.27. The number of carbonyl (C=O) groups excluding carboxylic acids is 1. The van der Waals surface area contributed by atoms with Crippen LogP contribution in [0.3, 0.4) is 0 Å². The Bertz CT molecular complexity index is 304. The average molecular weight is 239 g/mol. The summed E-state index contributed by atoms with van der Waals surface area (Å²) in [6.45, 7) is 10.7. The molecule has 0 spiro atoms. The smallest absolute Gasteiger partial charge is 0.231 e. The summed E-state index contributed by atoms with van der Waals surface area (Å²) in [6, 6.07) is 0. The minimum absolute atomic E-state index is 0.00773. The molecular weight excluding hydrogens is 214 g/mol. The standard InChI is InChI=1S/C13H25N3O/c1-10(13(2,3)4)12(17)16-9-8-15-11(16)6-7-14-5/h10,14H,6-9H2,1-5H3. The lowest BCUT2D eigenvalue weighted by Gasteiger charge is -2.30. The topological polar surface area (TPSA) is 44.7 Å². The first-order valence-corrected chi connectivity index (χ1v) is 6.37. The predicted molar refractivity (Wildman–Crippen MR) is 71.2 cm³/mol. The Morgan fingerprint density at radius 1 is 1.53 bits per heavy atom. The van der Waals surface area contributed by atoms with E-state index in [0.29, 0.717) is 0 Å². The van der Waals surface area contributed by atoms with Crippen LogP contribution in [-0.2, 0) is 4.79 Å². The van der Waals surface area contributed by atoms with Gasteiger partial charge in [0.15, 0.2) is 0 Å². The fraction of sp³-hybridized carbons (Fsp3) is 0.846. The Morgan fingerprint density at radius 2 is 2.18 bits per heavy atom. The molecule has 0 aliphatic carbocycles. The van der Waals surface area contributed by atoms with E-state index in [1.165, 1.54) is 0 Å². The minimum Gasteiger partial charge on any atom is -0.319 e. The number of hydrogen-bond acceptors (Lipinski definition) is 3. The van der Waals surface area contributed by atoms with Gasteiger partial charge in [-0.25, -0.2) is 0 Å². The minimum atomic E-state index is 0.00773. The Kier molecular flexibility index (Phi) is 4.69. The van der Waals surface area contributed by atoms with E-state index in [4.69, 9.17) is 0 Å². The first-order chi connectivity index (χ1) is 7.88. The zero-order valence-corrected chi connectivity index (χ0v) is 11.7. The van der Waals surface area contributed by atoms with Gasteiger partial charge < -0.3 is 5.32 Å². The van der Waals surface area contributed by atoms with Crippen LogP contribution in [-0.4, -0.2) is 43.3 Å². The maximum atomic E-state index is 12.4. The van der Waals surface area contributed by atoms with Crippen LogP contribution in [0.15, 0.2) is 4.99 Å². The second kappa shape index (κ2) is 5.63. The number of amides is 1. The first kappa shape index (κ1) is 14.2. The van der Waals surface area contributed by atoms with Crippen molar-refractivity contribution in [1.29, 1.82) is 0 Å². The van der Waals surface area contributed by atoms with Gasteiger partial charge in [-0.05, 0) is 12.5 Å². The molecule has 0 bridgehead atoms. The zero-order chi connectivity index (χ0) is 13.1. The summed E-state index contributed by atoms with van der Waals surface area (Å²) in [7, 11) is 1.92. The van der Waals surface area contributed by atoms with E-state index in [-0.39, 0.29) is 17.2 Å². The monoisotopic (exact) mass is 239 g/mol. The van der Waals surface area contributed by atoms with Crippen molar-refractivity contribution in [3.8, 4) is 0 Å². The molecule has 4 heteroatoms. The molecule has 1 heterocycles. The Balaban J connectivity index is 2.66. The Labute approximate surface area is 104 Å². The number of amidine groups is 1. The fourth-order valence-corrected chi connectivity index (χ4v) is 1.79. The van der Waals surface area contributed by atoms with E-state index in [0.717, 1.165) is 31.9 Å². The van der Waals surface area contributed by atoms with Crippen LogP contribution in [0.5, 0.6) is 0 Å². The highest BCUT2D eigenvalue weighted by atomic mass is 16.2. The van der Waals surface area contributed by atoms with Crippen molar-refractivity contribution < 1.29 is 4.79 Å². The molecule has 1 aliphatic rings. The summed E-state index contributed by atoms with van der Waals surface area (Å²) >= 11 is 0. The summed E-state index contributed by atoms with van der Waals surface area (Å²) in [5.74, 6) is 1.19. The van der Waals surface area contributed by atoms with Crippen molar-refractivity contribution in [2.75, 3.05) is 26.7 Å². The molecule has 1 atom stereocenters. The van der Waals surface area contributed by atoms with Gasteiger partial charge in [0.1, 0.15) is 5.84 Å². The molecule has 0 radical (unpaired) electrons. The molecule has 1 N–H and O–H groups in total. The van der Waals surface area contributed by atoms with Crippen molar-refractivity contribution in [3.05, 3.63) is 0 Å². The zero-order valence-electron chi connectivity index (χ0n) is 11.7. The van der Waals surface area contributed by atoms with Gasteiger partial charge in [0.25, 0.3) is 0 Å². The van der Waals surface area contributed by atoms with Crippen molar-refractivity contribution in [2.45, 2.75) is 34.1 Å². The maximum Gasteiger partial charge on any atom is 0.231 e. The second-order valence-electron chi connectivity index (χ2n) is 5.73.